The Labute approximate surface area is 89.3 Å². The van der Waals surface area contributed by atoms with E-state index < -0.39 is 11.6 Å². The quantitative estimate of drug-likeness (QED) is 0.799. The monoisotopic (exact) mass is 213 g/mol. The maximum Gasteiger partial charge on any atom is 0.159 e. The largest absolute Gasteiger partial charge is 0.328 e. The molecule has 0 aromatic heterocycles. The molecule has 0 saturated heterocycles. The average molecular weight is 213 g/mol. The van der Waals surface area contributed by atoms with E-state index in [2.05, 4.69) is 6.92 Å². The fourth-order valence-electron chi connectivity index (χ4n) is 1.56. The minimum atomic E-state index is -0.795. The van der Waals surface area contributed by atoms with Gasteiger partial charge in [-0.1, -0.05) is 19.4 Å². The van der Waals surface area contributed by atoms with Crippen LogP contribution in [0, 0.1) is 11.6 Å². The van der Waals surface area contributed by atoms with Crippen LogP contribution in [0.2, 0.25) is 0 Å². The molecule has 3 heteroatoms. The molecule has 2 N–H and O–H groups in total. The summed E-state index contributed by atoms with van der Waals surface area (Å²) in [5, 5.41) is 0. The van der Waals surface area contributed by atoms with Crippen molar-refractivity contribution in [1.29, 1.82) is 0 Å². The first-order chi connectivity index (χ1) is 7.13. The summed E-state index contributed by atoms with van der Waals surface area (Å²) in [4.78, 5) is 0. The molecule has 1 aromatic rings. The van der Waals surface area contributed by atoms with Crippen molar-refractivity contribution in [3.63, 3.8) is 0 Å². The lowest BCUT2D eigenvalue weighted by Gasteiger charge is -2.09. The van der Waals surface area contributed by atoms with Crippen LogP contribution in [0.1, 0.15) is 31.7 Å². The van der Waals surface area contributed by atoms with Crippen LogP contribution >= 0.6 is 0 Å². The van der Waals surface area contributed by atoms with Gasteiger partial charge in [-0.3, -0.25) is 0 Å². The predicted molar refractivity (Wildman–Crippen MR) is 57.6 cm³/mol. The molecular weight excluding hydrogens is 196 g/mol. The van der Waals surface area contributed by atoms with Gasteiger partial charge in [-0.15, -0.1) is 0 Å². The van der Waals surface area contributed by atoms with Crippen molar-refractivity contribution in [3.05, 3.63) is 35.4 Å². The van der Waals surface area contributed by atoms with E-state index >= 15 is 0 Å². The molecule has 0 amide bonds. The molecule has 0 aliphatic heterocycles. The lowest BCUT2D eigenvalue weighted by Crippen LogP contribution is -2.20. The third kappa shape index (κ3) is 3.96. The van der Waals surface area contributed by atoms with E-state index in [0.29, 0.717) is 6.42 Å². The third-order valence-corrected chi connectivity index (χ3v) is 2.45. The van der Waals surface area contributed by atoms with Gasteiger partial charge < -0.3 is 5.73 Å². The lowest BCUT2D eigenvalue weighted by molar-refractivity contribution is 0.505. The molecule has 84 valence electrons. The van der Waals surface area contributed by atoms with Gasteiger partial charge in [-0.05, 0) is 37.0 Å². The molecule has 0 bridgehead atoms. The summed E-state index contributed by atoms with van der Waals surface area (Å²) in [7, 11) is 0. The second kappa shape index (κ2) is 5.81. The highest BCUT2D eigenvalue weighted by Gasteiger charge is 2.05. The number of halogens is 2. The molecule has 1 unspecified atom stereocenters. The minimum absolute atomic E-state index is 0.156. The standard InChI is InChI=1S/C12H17F2N/c1-2-3-10(15)6-4-9-5-7-11(13)12(14)8-9/h5,7-8,10H,2-4,6,15H2,1H3. The lowest BCUT2D eigenvalue weighted by atomic mass is 10.0. The van der Waals surface area contributed by atoms with Gasteiger partial charge in [0.05, 0.1) is 0 Å². The highest BCUT2D eigenvalue weighted by Crippen LogP contribution is 2.11. The van der Waals surface area contributed by atoms with E-state index in [1.54, 1.807) is 6.07 Å². The topological polar surface area (TPSA) is 26.0 Å². The molecule has 15 heavy (non-hydrogen) atoms. The number of nitrogens with two attached hydrogens (primary N) is 1. The molecule has 1 nitrogen and oxygen atoms in total. The normalized spacial score (nSPS) is 12.8. The van der Waals surface area contributed by atoms with Crippen molar-refractivity contribution in [2.24, 2.45) is 5.73 Å². The van der Waals surface area contributed by atoms with Gasteiger partial charge in [0, 0.05) is 6.04 Å². The molecule has 0 aliphatic carbocycles. The van der Waals surface area contributed by atoms with Gasteiger partial charge in [0.1, 0.15) is 0 Å². The average Bonchev–Trinajstić information content (AvgIpc) is 2.20. The second-order valence-corrected chi connectivity index (χ2v) is 3.84. The van der Waals surface area contributed by atoms with Crippen LogP contribution in [-0.4, -0.2) is 6.04 Å². The van der Waals surface area contributed by atoms with Crippen LogP contribution < -0.4 is 5.73 Å². The van der Waals surface area contributed by atoms with Crippen LogP contribution in [0.15, 0.2) is 18.2 Å². The number of rotatable bonds is 5. The number of hydrogen-bond donors (Lipinski definition) is 1. The third-order valence-electron chi connectivity index (χ3n) is 2.45. The molecule has 0 saturated carbocycles. The van der Waals surface area contributed by atoms with E-state index in [-0.39, 0.29) is 6.04 Å². The molecule has 0 radical (unpaired) electrons. The van der Waals surface area contributed by atoms with Gasteiger partial charge in [0.15, 0.2) is 11.6 Å². The first-order valence-corrected chi connectivity index (χ1v) is 5.33. The Kier molecular flexibility index (Phi) is 4.69. The van der Waals surface area contributed by atoms with Crippen LogP contribution in [-0.2, 0) is 6.42 Å². The SMILES string of the molecule is CCCC(N)CCc1ccc(F)c(F)c1. The van der Waals surface area contributed by atoms with E-state index in [4.69, 9.17) is 5.73 Å². The van der Waals surface area contributed by atoms with Gasteiger partial charge in [0.2, 0.25) is 0 Å². The van der Waals surface area contributed by atoms with Crippen molar-refractivity contribution < 1.29 is 8.78 Å². The molecule has 1 rings (SSSR count). The van der Waals surface area contributed by atoms with Gasteiger partial charge in [0.25, 0.3) is 0 Å². The molecular formula is C12H17F2N. The van der Waals surface area contributed by atoms with Crippen molar-refractivity contribution >= 4 is 0 Å². The summed E-state index contributed by atoms with van der Waals surface area (Å²) < 4.78 is 25.5. The Morgan fingerprint density at radius 3 is 2.53 bits per heavy atom. The zero-order chi connectivity index (χ0) is 11.3. The zero-order valence-electron chi connectivity index (χ0n) is 8.97. The Morgan fingerprint density at radius 2 is 1.93 bits per heavy atom. The second-order valence-electron chi connectivity index (χ2n) is 3.84. The molecule has 1 aromatic carbocycles. The van der Waals surface area contributed by atoms with Gasteiger partial charge in [-0.2, -0.15) is 0 Å². The Morgan fingerprint density at radius 1 is 1.20 bits per heavy atom. The number of hydrogen-bond acceptors (Lipinski definition) is 1. The molecule has 0 heterocycles. The summed E-state index contributed by atoms with van der Waals surface area (Å²) in [6, 6.07) is 4.17. The highest BCUT2D eigenvalue weighted by atomic mass is 19.2. The molecule has 0 spiro atoms. The smallest absolute Gasteiger partial charge is 0.159 e. The number of aryl methyl sites for hydroxylation is 1. The van der Waals surface area contributed by atoms with Gasteiger partial charge >= 0.3 is 0 Å². The van der Waals surface area contributed by atoms with E-state index in [9.17, 15) is 8.78 Å². The Bertz CT molecular complexity index is 312. The summed E-state index contributed by atoms with van der Waals surface area (Å²) in [5.41, 5.74) is 6.64. The van der Waals surface area contributed by atoms with E-state index in [0.717, 1.165) is 30.9 Å². The van der Waals surface area contributed by atoms with E-state index in [1.807, 2.05) is 0 Å². The van der Waals surface area contributed by atoms with Crippen molar-refractivity contribution in [2.45, 2.75) is 38.6 Å². The van der Waals surface area contributed by atoms with Crippen molar-refractivity contribution in [3.8, 4) is 0 Å². The highest BCUT2D eigenvalue weighted by molar-refractivity contribution is 5.17. The molecule has 0 fully saturated rings. The maximum atomic E-state index is 12.8. The van der Waals surface area contributed by atoms with Crippen LogP contribution in [0.4, 0.5) is 8.78 Å². The molecule has 0 aliphatic rings. The fraction of sp³-hybridized carbons (Fsp3) is 0.500. The summed E-state index contributed by atoms with van der Waals surface area (Å²) >= 11 is 0. The predicted octanol–water partition coefficient (Wildman–Crippen LogP) is 3.02. The van der Waals surface area contributed by atoms with Crippen LogP contribution in [0.3, 0.4) is 0 Å². The summed E-state index contributed by atoms with van der Waals surface area (Å²) in [6.07, 6.45) is 3.56. The fourth-order valence-corrected chi connectivity index (χ4v) is 1.56. The van der Waals surface area contributed by atoms with Crippen molar-refractivity contribution in [1.82, 2.24) is 0 Å². The van der Waals surface area contributed by atoms with E-state index in [1.165, 1.54) is 6.07 Å². The molecule has 1 atom stereocenters. The summed E-state index contributed by atoms with van der Waals surface area (Å²) in [6.45, 7) is 2.08. The van der Waals surface area contributed by atoms with Crippen molar-refractivity contribution in [2.75, 3.05) is 0 Å². The Hall–Kier alpha value is -0.960. The summed E-state index contributed by atoms with van der Waals surface area (Å²) in [5.74, 6) is -1.58. The first kappa shape index (κ1) is 12.1. The number of benzene rings is 1. The zero-order valence-corrected chi connectivity index (χ0v) is 8.97. The Balaban J connectivity index is 2.47. The van der Waals surface area contributed by atoms with Crippen LogP contribution in [0.25, 0.3) is 0 Å². The minimum Gasteiger partial charge on any atom is -0.328 e. The maximum absolute atomic E-state index is 12.8. The van der Waals surface area contributed by atoms with Gasteiger partial charge in [-0.25, -0.2) is 8.78 Å². The van der Waals surface area contributed by atoms with Crippen LogP contribution in [0.5, 0.6) is 0 Å². The first-order valence-electron chi connectivity index (χ1n) is 5.33.